The number of benzene rings is 3. The molecule has 3 aromatic rings. The Morgan fingerprint density at radius 3 is 1.85 bits per heavy atom. The number of alkyl halides is 4. The summed E-state index contributed by atoms with van der Waals surface area (Å²) in [5.41, 5.74) is -0.650. The quantitative estimate of drug-likeness (QED) is 0.187. The Balaban J connectivity index is 1.73. The van der Waals surface area contributed by atoms with Gasteiger partial charge in [0.2, 0.25) is 5.91 Å². The number of nitrogens with one attached hydrogen (secondary N) is 3. The van der Waals surface area contributed by atoms with E-state index in [1.54, 1.807) is 36.4 Å². The molecule has 0 aliphatic heterocycles. The summed E-state index contributed by atoms with van der Waals surface area (Å²) in [5, 5.41) is 8.25. The monoisotopic (exact) mass is 599 g/mol. The first kappa shape index (κ1) is 31.4. The number of hydrogen-bond donors (Lipinski definition) is 3. The van der Waals surface area contributed by atoms with Crippen molar-refractivity contribution in [1.82, 2.24) is 10.6 Å². The van der Waals surface area contributed by atoms with Crippen molar-refractivity contribution in [1.29, 1.82) is 0 Å². The molecule has 6 nitrogen and oxygen atoms in total. The molecule has 0 saturated carbocycles. The fourth-order valence-electron chi connectivity index (χ4n) is 3.96. The van der Waals surface area contributed by atoms with Gasteiger partial charge < -0.3 is 10.6 Å². The molecular weight excluding hydrogens is 570 g/mol. The minimum Gasteiger partial charge on any atom is -0.383 e. The van der Waals surface area contributed by atoms with Crippen LogP contribution in [-0.4, -0.2) is 51.6 Å². The minimum atomic E-state index is -4.83. The molecule has 12 heteroatoms. The Bertz CT molecular complexity index is 1390. The summed E-state index contributed by atoms with van der Waals surface area (Å²) in [6.45, 7) is 2.36. The van der Waals surface area contributed by atoms with E-state index in [9.17, 15) is 26.4 Å². The van der Waals surface area contributed by atoms with Crippen molar-refractivity contribution in [3.05, 3.63) is 83.4 Å². The number of amides is 1. The summed E-state index contributed by atoms with van der Waals surface area (Å²) in [6, 6.07) is 14.0. The van der Waals surface area contributed by atoms with E-state index in [4.69, 9.17) is 11.6 Å². The van der Waals surface area contributed by atoms with Gasteiger partial charge in [0, 0.05) is 30.1 Å². The van der Waals surface area contributed by atoms with E-state index in [2.05, 4.69) is 16.0 Å². The van der Waals surface area contributed by atoms with E-state index >= 15 is 4.39 Å². The highest BCUT2D eigenvalue weighted by atomic mass is 35.5. The van der Waals surface area contributed by atoms with Gasteiger partial charge >= 0.3 is 6.18 Å². The molecule has 2 atom stereocenters. The van der Waals surface area contributed by atoms with Crippen molar-refractivity contribution in [2.24, 2.45) is 0 Å². The second-order valence-electron chi connectivity index (χ2n) is 9.78. The molecule has 216 valence electrons. The van der Waals surface area contributed by atoms with Crippen LogP contribution in [0.1, 0.15) is 25.5 Å². The maximum atomic E-state index is 15.0. The van der Waals surface area contributed by atoms with Gasteiger partial charge in [0.15, 0.2) is 9.84 Å². The molecule has 3 N–H and O–H groups in total. The zero-order valence-corrected chi connectivity index (χ0v) is 23.6. The first-order chi connectivity index (χ1) is 18.6. The molecule has 0 bridgehead atoms. The minimum absolute atomic E-state index is 0.0409. The highest BCUT2D eigenvalue weighted by molar-refractivity contribution is 7.90. The van der Waals surface area contributed by atoms with E-state index in [1.165, 1.54) is 36.4 Å². The van der Waals surface area contributed by atoms with Crippen molar-refractivity contribution in [3.8, 4) is 11.1 Å². The topological polar surface area (TPSA) is 87.3 Å². The first-order valence-corrected chi connectivity index (χ1v) is 14.5. The lowest BCUT2D eigenvalue weighted by molar-refractivity contribution is -0.163. The van der Waals surface area contributed by atoms with Crippen molar-refractivity contribution in [3.63, 3.8) is 0 Å². The molecule has 0 radical (unpaired) electrons. The van der Waals surface area contributed by atoms with Crippen molar-refractivity contribution < 1.29 is 30.8 Å². The fraction of sp³-hybridized carbons (Fsp3) is 0.321. The molecule has 1 amide bonds. The molecule has 0 heterocycles. The molecule has 0 fully saturated rings. The zero-order valence-electron chi connectivity index (χ0n) is 22.0. The van der Waals surface area contributed by atoms with Gasteiger partial charge in [0.1, 0.15) is 17.8 Å². The third kappa shape index (κ3) is 8.67. The maximum Gasteiger partial charge on any atom is 0.407 e. The summed E-state index contributed by atoms with van der Waals surface area (Å²) >= 11 is 5.84. The van der Waals surface area contributed by atoms with Crippen molar-refractivity contribution >= 4 is 33.0 Å². The van der Waals surface area contributed by atoms with Gasteiger partial charge in [0.25, 0.3) is 0 Å². The Labute approximate surface area is 236 Å². The number of anilines is 1. The third-order valence-corrected chi connectivity index (χ3v) is 7.45. The van der Waals surface area contributed by atoms with E-state index in [0.717, 1.165) is 25.8 Å². The normalized spacial score (nSPS) is 13.9. The number of hydrogen-bond acceptors (Lipinski definition) is 5. The predicted molar refractivity (Wildman–Crippen MR) is 149 cm³/mol. The molecule has 0 aromatic heterocycles. The Hall–Kier alpha value is -3.15. The molecule has 0 spiro atoms. The highest BCUT2D eigenvalue weighted by Gasteiger charge is 2.46. The smallest absolute Gasteiger partial charge is 0.383 e. The van der Waals surface area contributed by atoms with E-state index in [1.807, 2.05) is 0 Å². The Morgan fingerprint density at radius 2 is 1.38 bits per heavy atom. The van der Waals surface area contributed by atoms with Crippen LogP contribution >= 0.6 is 11.6 Å². The molecule has 0 saturated heterocycles. The van der Waals surface area contributed by atoms with Crippen LogP contribution in [0.25, 0.3) is 11.1 Å². The Morgan fingerprint density at radius 1 is 0.850 bits per heavy atom. The van der Waals surface area contributed by atoms with Gasteiger partial charge in [-0.25, -0.2) is 12.8 Å². The van der Waals surface area contributed by atoms with Crippen LogP contribution in [0.2, 0.25) is 5.02 Å². The zero-order chi connectivity index (χ0) is 29.7. The molecule has 0 aliphatic carbocycles. The van der Waals surface area contributed by atoms with Crippen LogP contribution in [0.15, 0.2) is 77.7 Å². The van der Waals surface area contributed by atoms with Gasteiger partial charge in [0.05, 0.1) is 4.90 Å². The highest BCUT2D eigenvalue weighted by Crippen LogP contribution is 2.35. The fourth-order valence-corrected chi connectivity index (χ4v) is 4.71. The lowest BCUT2D eigenvalue weighted by Crippen LogP contribution is -2.57. The summed E-state index contributed by atoms with van der Waals surface area (Å²) in [5.74, 6) is -0.915. The SMILES string of the molecule is CC(C)(F)C(NC(c1ccc(-c2ccc(S(C)(=O)=O)cc2)cc1)C(F)(F)F)C(=O)NCCNc1ccc(Cl)cc1. The number of sulfone groups is 1. The van der Waals surface area contributed by atoms with Gasteiger partial charge in [-0.2, -0.15) is 13.2 Å². The van der Waals surface area contributed by atoms with Crippen molar-refractivity contribution in [2.75, 3.05) is 24.7 Å². The van der Waals surface area contributed by atoms with Crippen LogP contribution in [0.4, 0.5) is 23.2 Å². The van der Waals surface area contributed by atoms with E-state index in [-0.39, 0.29) is 23.5 Å². The number of halogens is 5. The summed E-state index contributed by atoms with van der Waals surface area (Å²) in [6.07, 6.45) is -3.76. The molecule has 2 unspecified atom stereocenters. The van der Waals surface area contributed by atoms with Gasteiger partial charge in [-0.15, -0.1) is 0 Å². The molecule has 0 aliphatic rings. The summed E-state index contributed by atoms with van der Waals surface area (Å²) in [7, 11) is -3.39. The average molecular weight is 600 g/mol. The molecule has 3 rings (SSSR count). The van der Waals surface area contributed by atoms with E-state index < -0.39 is 39.7 Å². The van der Waals surface area contributed by atoms with Gasteiger partial charge in [-0.1, -0.05) is 48.0 Å². The second-order valence-corrected chi connectivity index (χ2v) is 12.2. The van der Waals surface area contributed by atoms with Crippen LogP contribution < -0.4 is 16.0 Å². The van der Waals surface area contributed by atoms with E-state index in [0.29, 0.717) is 16.1 Å². The van der Waals surface area contributed by atoms with Crippen LogP contribution in [0.3, 0.4) is 0 Å². The molecule has 3 aromatic carbocycles. The lowest BCUT2D eigenvalue weighted by atomic mass is 9.95. The predicted octanol–water partition coefficient (Wildman–Crippen LogP) is 5.95. The lowest BCUT2D eigenvalue weighted by Gasteiger charge is -2.32. The largest absolute Gasteiger partial charge is 0.407 e. The first-order valence-electron chi connectivity index (χ1n) is 12.2. The van der Waals surface area contributed by atoms with Crippen molar-refractivity contribution in [2.45, 2.75) is 42.7 Å². The second kappa shape index (κ2) is 12.6. The summed E-state index contributed by atoms with van der Waals surface area (Å²) in [4.78, 5) is 12.9. The molecular formula is C28H30ClF4N3O3S. The van der Waals surface area contributed by atoms with Gasteiger partial charge in [-0.05, 0) is 66.9 Å². The number of carbonyl (C=O) groups is 1. The number of rotatable bonds is 11. The van der Waals surface area contributed by atoms with Crippen LogP contribution in [0, 0.1) is 0 Å². The third-order valence-electron chi connectivity index (χ3n) is 6.07. The molecule has 40 heavy (non-hydrogen) atoms. The Kier molecular flexibility index (Phi) is 9.86. The average Bonchev–Trinajstić information content (AvgIpc) is 2.86. The standard InChI is InChI=1S/C28H30ClF4N3O3S/c1-27(2,30)25(26(37)35-17-16-34-22-12-10-21(29)11-13-22)36-24(28(31,32)33)20-6-4-18(5-7-20)19-8-14-23(15-9-19)40(3,38)39/h4-15,24-25,34,36H,16-17H2,1-3H3,(H,35,37). The number of carbonyl (C=O) groups excluding carboxylic acids is 1. The maximum absolute atomic E-state index is 15.0. The van der Waals surface area contributed by atoms with Gasteiger partial charge in [-0.3, -0.25) is 10.1 Å². The summed E-state index contributed by atoms with van der Waals surface area (Å²) < 4.78 is 80.7. The van der Waals surface area contributed by atoms with Crippen LogP contribution in [-0.2, 0) is 14.6 Å². The van der Waals surface area contributed by atoms with Crippen LogP contribution in [0.5, 0.6) is 0 Å².